The molecule has 0 saturated carbocycles. The predicted octanol–water partition coefficient (Wildman–Crippen LogP) is 0.918. The molecule has 4 rings (SSSR count). The Morgan fingerprint density at radius 1 is 1.32 bits per heavy atom. The molecule has 150 valence electrons. The van der Waals surface area contributed by atoms with E-state index < -0.39 is 17.7 Å². The number of amides is 1. The van der Waals surface area contributed by atoms with Crippen molar-refractivity contribution in [3.8, 4) is 17.1 Å². The van der Waals surface area contributed by atoms with E-state index in [1.54, 1.807) is 4.90 Å². The lowest BCUT2D eigenvalue weighted by atomic mass is 9.84. The number of tetrazole rings is 1. The lowest BCUT2D eigenvalue weighted by Gasteiger charge is -2.47. The molecule has 28 heavy (non-hydrogen) atoms. The molecule has 1 aromatic heterocycles. The maximum atomic E-state index is 12.6. The standard InChI is InChI=1S/C19H25N5O4/c1-19(2)17(27)16(23-8-4-3-5-15(23)26)13-11-12(6-7-14(13)28-19)18-20-21-22-24(18)9-10-25/h6-7,11,16-17,25,27H,3-5,8-10H2,1-2H3. The summed E-state index contributed by atoms with van der Waals surface area (Å²) >= 11 is 0. The van der Waals surface area contributed by atoms with Crippen LogP contribution in [0.15, 0.2) is 18.2 Å². The molecule has 1 amide bonds. The van der Waals surface area contributed by atoms with Crippen molar-refractivity contribution in [2.75, 3.05) is 13.2 Å². The average Bonchev–Trinajstić information content (AvgIpc) is 3.12. The summed E-state index contributed by atoms with van der Waals surface area (Å²) in [4.78, 5) is 14.4. The molecule has 1 fully saturated rings. The summed E-state index contributed by atoms with van der Waals surface area (Å²) in [5, 5.41) is 32.0. The molecule has 1 aromatic carbocycles. The Hall–Kier alpha value is -2.52. The van der Waals surface area contributed by atoms with Gasteiger partial charge in [-0.2, -0.15) is 0 Å². The van der Waals surface area contributed by atoms with E-state index in [0.29, 0.717) is 24.5 Å². The van der Waals surface area contributed by atoms with Crippen molar-refractivity contribution in [3.05, 3.63) is 23.8 Å². The molecule has 2 aromatic rings. The number of aliphatic hydroxyl groups is 2. The zero-order valence-corrected chi connectivity index (χ0v) is 16.1. The van der Waals surface area contributed by atoms with Crippen LogP contribution in [0.25, 0.3) is 11.4 Å². The smallest absolute Gasteiger partial charge is 0.223 e. The first-order chi connectivity index (χ1) is 13.4. The number of rotatable bonds is 4. The van der Waals surface area contributed by atoms with E-state index in [9.17, 15) is 15.0 Å². The van der Waals surface area contributed by atoms with Crippen molar-refractivity contribution in [2.24, 2.45) is 0 Å². The summed E-state index contributed by atoms with van der Waals surface area (Å²) < 4.78 is 7.57. The van der Waals surface area contributed by atoms with Crippen molar-refractivity contribution in [3.63, 3.8) is 0 Å². The van der Waals surface area contributed by atoms with E-state index in [1.165, 1.54) is 4.68 Å². The number of carbonyl (C=O) groups excluding carboxylic acids is 1. The van der Waals surface area contributed by atoms with Crippen molar-refractivity contribution >= 4 is 5.91 Å². The third-order valence-electron chi connectivity index (χ3n) is 5.51. The van der Waals surface area contributed by atoms with Gasteiger partial charge in [0.25, 0.3) is 0 Å². The largest absolute Gasteiger partial charge is 0.485 e. The maximum Gasteiger partial charge on any atom is 0.223 e. The van der Waals surface area contributed by atoms with Crippen LogP contribution in [0.4, 0.5) is 0 Å². The number of nitrogens with zero attached hydrogens (tertiary/aromatic N) is 5. The summed E-state index contributed by atoms with van der Waals surface area (Å²) in [6.45, 7) is 4.47. The molecule has 2 aliphatic heterocycles. The highest BCUT2D eigenvalue weighted by Crippen LogP contribution is 2.45. The van der Waals surface area contributed by atoms with Crippen LogP contribution in [0.2, 0.25) is 0 Å². The minimum atomic E-state index is -0.870. The number of benzene rings is 1. The van der Waals surface area contributed by atoms with Gasteiger partial charge in [0.1, 0.15) is 17.5 Å². The fourth-order valence-electron chi connectivity index (χ4n) is 4.02. The van der Waals surface area contributed by atoms with E-state index in [1.807, 2.05) is 32.0 Å². The van der Waals surface area contributed by atoms with Crippen molar-refractivity contribution in [1.82, 2.24) is 25.1 Å². The van der Waals surface area contributed by atoms with E-state index in [0.717, 1.165) is 24.0 Å². The van der Waals surface area contributed by atoms with E-state index in [4.69, 9.17) is 4.74 Å². The SMILES string of the molecule is CC1(C)Oc2ccc(-c3nnnn3CCO)cc2C(N2CCCCC2=O)C1O. The van der Waals surface area contributed by atoms with E-state index in [-0.39, 0.29) is 19.1 Å². The number of piperidine rings is 1. The van der Waals surface area contributed by atoms with Gasteiger partial charge in [0.05, 0.1) is 19.2 Å². The van der Waals surface area contributed by atoms with Crippen LogP contribution in [0.3, 0.4) is 0 Å². The zero-order chi connectivity index (χ0) is 19.9. The Morgan fingerprint density at radius 3 is 2.89 bits per heavy atom. The summed E-state index contributed by atoms with van der Waals surface area (Å²) in [6.07, 6.45) is 1.42. The van der Waals surface area contributed by atoms with E-state index in [2.05, 4.69) is 15.5 Å². The molecule has 1 saturated heterocycles. The summed E-state index contributed by atoms with van der Waals surface area (Å²) in [6, 6.07) is 5.06. The van der Waals surface area contributed by atoms with Crippen LogP contribution in [-0.2, 0) is 11.3 Å². The average molecular weight is 387 g/mol. The van der Waals surface area contributed by atoms with Gasteiger partial charge in [-0.1, -0.05) is 0 Å². The quantitative estimate of drug-likeness (QED) is 0.802. The zero-order valence-electron chi connectivity index (χ0n) is 16.1. The lowest BCUT2D eigenvalue weighted by molar-refractivity contribution is -0.147. The van der Waals surface area contributed by atoms with Crippen LogP contribution in [0, 0.1) is 0 Å². The number of aromatic nitrogens is 4. The molecule has 9 heteroatoms. The second-order valence-corrected chi connectivity index (χ2v) is 7.84. The van der Waals surface area contributed by atoms with Crippen LogP contribution in [0.1, 0.15) is 44.7 Å². The fraction of sp³-hybridized carbons (Fsp3) is 0.579. The molecule has 2 unspecified atom stereocenters. The topological polar surface area (TPSA) is 114 Å². The van der Waals surface area contributed by atoms with Crippen molar-refractivity contribution in [1.29, 1.82) is 0 Å². The first kappa shape index (κ1) is 18.8. The van der Waals surface area contributed by atoms with Gasteiger partial charge in [0, 0.05) is 24.1 Å². The predicted molar refractivity (Wildman–Crippen MR) is 99.4 cm³/mol. The van der Waals surface area contributed by atoms with Crippen LogP contribution in [-0.4, -0.2) is 66.1 Å². The summed E-state index contributed by atoms with van der Waals surface area (Å²) in [7, 11) is 0. The summed E-state index contributed by atoms with van der Waals surface area (Å²) in [5.74, 6) is 1.21. The minimum Gasteiger partial charge on any atom is -0.485 e. The Morgan fingerprint density at radius 2 is 2.14 bits per heavy atom. The first-order valence-electron chi connectivity index (χ1n) is 9.60. The molecule has 2 N–H and O–H groups in total. The molecule has 3 heterocycles. The molecular formula is C19H25N5O4. The van der Waals surface area contributed by atoms with Crippen LogP contribution in [0.5, 0.6) is 5.75 Å². The molecule has 0 bridgehead atoms. The molecule has 0 aliphatic carbocycles. The van der Waals surface area contributed by atoms with Gasteiger partial charge >= 0.3 is 0 Å². The number of aliphatic hydroxyl groups excluding tert-OH is 2. The molecule has 0 radical (unpaired) electrons. The third-order valence-corrected chi connectivity index (χ3v) is 5.51. The fourth-order valence-corrected chi connectivity index (χ4v) is 4.02. The first-order valence-corrected chi connectivity index (χ1v) is 9.60. The highest BCUT2D eigenvalue weighted by Gasteiger charge is 2.47. The van der Waals surface area contributed by atoms with Gasteiger partial charge in [0.15, 0.2) is 5.82 Å². The summed E-state index contributed by atoms with van der Waals surface area (Å²) in [5.41, 5.74) is 0.662. The van der Waals surface area contributed by atoms with Gasteiger partial charge in [-0.3, -0.25) is 4.79 Å². The number of hydrogen-bond acceptors (Lipinski definition) is 7. The second-order valence-electron chi connectivity index (χ2n) is 7.84. The van der Waals surface area contributed by atoms with Crippen molar-refractivity contribution < 1.29 is 19.7 Å². The van der Waals surface area contributed by atoms with Gasteiger partial charge < -0.3 is 19.8 Å². The highest BCUT2D eigenvalue weighted by atomic mass is 16.5. The Kier molecular flexibility index (Phi) is 4.80. The lowest BCUT2D eigenvalue weighted by Crippen LogP contribution is -2.55. The molecular weight excluding hydrogens is 362 g/mol. The number of ether oxygens (including phenoxy) is 1. The number of carbonyl (C=O) groups is 1. The Labute approximate surface area is 162 Å². The number of hydrogen-bond donors (Lipinski definition) is 2. The number of likely N-dealkylation sites (tertiary alicyclic amines) is 1. The third kappa shape index (κ3) is 3.14. The maximum absolute atomic E-state index is 12.6. The van der Waals surface area contributed by atoms with Crippen LogP contribution >= 0.6 is 0 Å². The molecule has 2 aliphatic rings. The molecule has 2 atom stereocenters. The Bertz CT molecular complexity index is 881. The monoisotopic (exact) mass is 387 g/mol. The van der Waals surface area contributed by atoms with E-state index >= 15 is 0 Å². The number of fused-ring (bicyclic) bond motifs is 1. The Balaban J connectivity index is 1.80. The van der Waals surface area contributed by atoms with Gasteiger partial charge in [-0.25, -0.2) is 4.68 Å². The van der Waals surface area contributed by atoms with Gasteiger partial charge in [-0.15, -0.1) is 5.10 Å². The van der Waals surface area contributed by atoms with Crippen LogP contribution < -0.4 is 4.74 Å². The van der Waals surface area contributed by atoms with Gasteiger partial charge in [-0.05, 0) is 55.3 Å². The molecule has 0 spiro atoms. The molecule has 9 nitrogen and oxygen atoms in total. The minimum absolute atomic E-state index is 0.0504. The van der Waals surface area contributed by atoms with Gasteiger partial charge in [0.2, 0.25) is 5.91 Å². The normalized spacial score (nSPS) is 24.0. The van der Waals surface area contributed by atoms with Crippen molar-refractivity contribution in [2.45, 2.75) is 57.4 Å². The highest BCUT2D eigenvalue weighted by molar-refractivity contribution is 5.78. The second kappa shape index (κ2) is 7.14.